The molecule has 0 amide bonds. The Balaban J connectivity index is 2.20. The number of rotatable bonds is 3. The van der Waals surface area contributed by atoms with Crippen molar-refractivity contribution in [2.45, 2.75) is 25.6 Å². The van der Waals surface area contributed by atoms with Crippen molar-refractivity contribution in [2.24, 2.45) is 0 Å². The maximum atomic E-state index is 8.54. The van der Waals surface area contributed by atoms with Crippen molar-refractivity contribution in [3.63, 3.8) is 0 Å². The molecule has 0 spiro atoms. The molecule has 8 heavy (non-hydrogen) atoms. The van der Waals surface area contributed by atoms with Gasteiger partial charge in [-0.3, -0.25) is 0 Å². The lowest BCUT2D eigenvalue weighted by molar-refractivity contribution is 0.0850. The van der Waals surface area contributed by atoms with Gasteiger partial charge in [-0.15, -0.1) is 0 Å². The Morgan fingerprint density at radius 1 is 1.50 bits per heavy atom. The zero-order valence-electron chi connectivity index (χ0n) is 4.89. The van der Waals surface area contributed by atoms with Gasteiger partial charge in [-0.05, 0) is 0 Å². The summed E-state index contributed by atoms with van der Waals surface area (Å²) in [5.41, 5.74) is 0. The lowest BCUT2D eigenvalue weighted by Crippen LogP contribution is -2.14. The minimum atomic E-state index is -0.602. The quantitative estimate of drug-likeness (QED) is 0.432. The fourth-order valence-electron chi connectivity index (χ4n) is 0.655. The number of hydrogen-bond donors (Lipinski definition) is 1. The summed E-state index contributed by atoms with van der Waals surface area (Å²) in [7, 11) is 0. The van der Waals surface area contributed by atoms with E-state index in [1.807, 2.05) is 6.92 Å². The molecule has 0 unspecified atom stereocenters. The van der Waals surface area contributed by atoms with E-state index in [-0.39, 0.29) is 6.61 Å². The SMILES string of the molecule is CCCC1(CO)OO1. The third-order valence-electron chi connectivity index (χ3n) is 1.19. The summed E-state index contributed by atoms with van der Waals surface area (Å²) in [5.74, 6) is -0.602. The van der Waals surface area contributed by atoms with Crippen LogP contribution in [0.1, 0.15) is 19.8 Å². The minimum absolute atomic E-state index is 0.0269. The average Bonchev–Trinajstić information content (AvgIpc) is 2.50. The van der Waals surface area contributed by atoms with E-state index in [9.17, 15) is 0 Å². The average molecular weight is 118 g/mol. The predicted octanol–water partition coefficient (Wildman–Crippen LogP) is 0.437. The predicted molar refractivity (Wildman–Crippen MR) is 26.9 cm³/mol. The van der Waals surface area contributed by atoms with Gasteiger partial charge in [0.15, 0.2) is 0 Å². The summed E-state index contributed by atoms with van der Waals surface area (Å²) in [5, 5.41) is 8.54. The van der Waals surface area contributed by atoms with Crippen molar-refractivity contribution in [3.8, 4) is 0 Å². The highest BCUT2D eigenvalue weighted by Gasteiger charge is 2.47. The topological polar surface area (TPSA) is 45.3 Å². The standard InChI is InChI=1S/C5H10O3/c1-2-3-5(4-6)7-8-5/h6H,2-4H2,1H3. The first-order valence-electron chi connectivity index (χ1n) is 2.81. The third-order valence-corrected chi connectivity index (χ3v) is 1.19. The highest BCUT2D eigenvalue weighted by molar-refractivity contribution is 4.70. The van der Waals surface area contributed by atoms with Gasteiger partial charge in [0.1, 0.15) is 6.61 Å². The first-order chi connectivity index (χ1) is 3.83. The molecule has 1 aliphatic rings. The van der Waals surface area contributed by atoms with Crippen LogP contribution in [0.25, 0.3) is 0 Å². The monoisotopic (exact) mass is 118 g/mol. The summed E-state index contributed by atoms with van der Waals surface area (Å²) in [4.78, 5) is 9.07. The fourth-order valence-corrected chi connectivity index (χ4v) is 0.655. The molecule has 0 saturated carbocycles. The molecule has 3 nitrogen and oxygen atoms in total. The van der Waals surface area contributed by atoms with Crippen molar-refractivity contribution in [1.82, 2.24) is 0 Å². The van der Waals surface area contributed by atoms with E-state index in [2.05, 4.69) is 9.78 Å². The normalized spacial score (nSPS) is 23.2. The Morgan fingerprint density at radius 2 is 2.12 bits per heavy atom. The van der Waals surface area contributed by atoms with E-state index in [0.29, 0.717) is 0 Å². The van der Waals surface area contributed by atoms with Crippen LogP contribution < -0.4 is 0 Å². The van der Waals surface area contributed by atoms with Crippen molar-refractivity contribution < 1.29 is 14.9 Å². The molecule has 1 saturated heterocycles. The van der Waals surface area contributed by atoms with Crippen molar-refractivity contribution in [2.75, 3.05) is 6.61 Å². The smallest absolute Gasteiger partial charge is 0.256 e. The molecule has 48 valence electrons. The second kappa shape index (κ2) is 2.01. The van der Waals surface area contributed by atoms with Crippen LogP contribution in [0.15, 0.2) is 0 Å². The van der Waals surface area contributed by atoms with Gasteiger partial charge in [-0.1, -0.05) is 13.3 Å². The number of aliphatic hydroxyl groups excluding tert-OH is 1. The summed E-state index contributed by atoms with van der Waals surface area (Å²) in [6, 6.07) is 0. The van der Waals surface area contributed by atoms with Gasteiger partial charge < -0.3 is 5.11 Å². The molecular formula is C5H10O3. The van der Waals surface area contributed by atoms with Gasteiger partial charge in [-0.2, -0.15) is 9.78 Å². The van der Waals surface area contributed by atoms with Crippen LogP contribution in [0, 0.1) is 0 Å². The summed E-state index contributed by atoms with van der Waals surface area (Å²) < 4.78 is 0. The molecule has 0 atom stereocenters. The maximum absolute atomic E-state index is 8.54. The molecule has 0 radical (unpaired) electrons. The Hall–Kier alpha value is -0.120. The minimum Gasteiger partial charge on any atom is -0.391 e. The van der Waals surface area contributed by atoms with Gasteiger partial charge in [0.2, 0.25) is 0 Å². The largest absolute Gasteiger partial charge is 0.391 e. The Bertz CT molecular complexity index is 77.7. The van der Waals surface area contributed by atoms with Crippen LogP contribution in [0.3, 0.4) is 0 Å². The summed E-state index contributed by atoms with van der Waals surface area (Å²) in [6.45, 7) is 1.99. The van der Waals surface area contributed by atoms with Crippen LogP contribution in [0.5, 0.6) is 0 Å². The van der Waals surface area contributed by atoms with E-state index in [4.69, 9.17) is 5.11 Å². The lowest BCUT2D eigenvalue weighted by atomic mass is 10.2. The zero-order chi connectivity index (χ0) is 6.04. The third kappa shape index (κ3) is 0.992. The Kier molecular flexibility index (Phi) is 1.51. The van der Waals surface area contributed by atoms with Gasteiger partial charge >= 0.3 is 0 Å². The Morgan fingerprint density at radius 3 is 2.25 bits per heavy atom. The number of aliphatic hydroxyl groups is 1. The van der Waals surface area contributed by atoms with E-state index >= 15 is 0 Å². The van der Waals surface area contributed by atoms with Crippen LogP contribution in [-0.2, 0) is 9.78 Å². The van der Waals surface area contributed by atoms with E-state index in [0.717, 1.165) is 12.8 Å². The van der Waals surface area contributed by atoms with Gasteiger partial charge in [0, 0.05) is 6.42 Å². The molecule has 1 fully saturated rings. The second-order valence-corrected chi connectivity index (χ2v) is 1.99. The molecule has 0 aromatic rings. The summed E-state index contributed by atoms with van der Waals surface area (Å²) >= 11 is 0. The fraction of sp³-hybridized carbons (Fsp3) is 1.00. The lowest BCUT2D eigenvalue weighted by Gasteiger charge is -1.96. The molecule has 1 aliphatic heterocycles. The summed E-state index contributed by atoms with van der Waals surface area (Å²) in [6.07, 6.45) is 1.75. The van der Waals surface area contributed by atoms with Crippen molar-refractivity contribution >= 4 is 0 Å². The highest BCUT2D eigenvalue weighted by Crippen LogP contribution is 2.33. The van der Waals surface area contributed by atoms with Gasteiger partial charge in [-0.25, -0.2) is 0 Å². The van der Waals surface area contributed by atoms with Gasteiger partial charge in [0.25, 0.3) is 5.79 Å². The van der Waals surface area contributed by atoms with Crippen molar-refractivity contribution in [3.05, 3.63) is 0 Å². The molecule has 1 N–H and O–H groups in total. The van der Waals surface area contributed by atoms with Gasteiger partial charge in [0.05, 0.1) is 0 Å². The van der Waals surface area contributed by atoms with Crippen molar-refractivity contribution in [1.29, 1.82) is 0 Å². The highest BCUT2D eigenvalue weighted by atomic mass is 17.4. The molecule has 0 aliphatic carbocycles. The second-order valence-electron chi connectivity index (χ2n) is 1.99. The van der Waals surface area contributed by atoms with Crippen LogP contribution >= 0.6 is 0 Å². The zero-order valence-corrected chi connectivity index (χ0v) is 4.89. The number of hydrogen-bond acceptors (Lipinski definition) is 3. The van der Waals surface area contributed by atoms with E-state index in [1.165, 1.54) is 0 Å². The Labute approximate surface area is 48.1 Å². The first-order valence-corrected chi connectivity index (χ1v) is 2.81. The van der Waals surface area contributed by atoms with Crippen LogP contribution in [-0.4, -0.2) is 17.5 Å². The molecular weight excluding hydrogens is 108 g/mol. The molecule has 0 bridgehead atoms. The maximum Gasteiger partial charge on any atom is 0.256 e. The molecule has 0 aromatic heterocycles. The van der Waals surface area contributed by atoms with Crippen LogP contribution in [0.4, 0.5) is 0 Å². The molecule has 0 aromatic carbocycles. The first kappa shape index (κ1) is 6.01. The van der Waals surface area contributed by atoms with Crippen LogP contribution in [0.2, 0.25) is 0 Å². The van der Waals surface area contributed by atoms with E-state index < -0.39 is 5.79 Å². The molecule has 3 heteroatoms. The van der Waals surface area contributed by atoms with E-state index in [1.54, 1.807) is 0 Å². The molecule has 1 heterocycles. The molecule has 1 rings (SSSR count).